The molecule has 0 aromatic heterocycles. The highest BCUT2D eigenvalue weighted by Gasteiger charge is 2.36. The van der Waals surface area contributed by atoms with E-state index in [2.05, 4.69) is 0 Å². The molecule has 1 amide bonds. The highest BCUT2D eigenvalue weighted by Crippen LogP contribution is 2.30. The number of para-hydroxylation sites is 1. The molecular formula is C13H16Cl2N2O3. The van der Waals surface area contributed by atoms with E-state index < -0.39 is 12.0 Å². The number of amides is 1. The Kier molecular flexibility index (Phi) is 5.80. The van der Waals surface area contributed by atoms with Gasteiger partial charge in [0.2, 0.25) is 5.91 Å². The van der Waals surface area contributed by atoms with Crippen LogP contribution in [0, 0.1) is 0 Å². The van der Waals surface area contributed by atoms with Gasteiger partial charge in [0, 0.05) is 6.54 Å². The van der Waals surface area contributed by atoms with Crippen LogP contribution >= 0.6 is 24.0 Å². The van der Waals surface area contributed by atoms with E-state index in [1.54, 1.807) is 35.0 Å². The second-order valence-electron chi connectivity index (χ2n) is 4.55. The standard InChI is InChI=1S/C13H15ClN2O3.ClH/c1-15(8-12(17)18)11-6-7-16(13(11)19)10-5-3-2-4-9(10)14;/h2-5,11H,6-8H2,1H3,(H,17,18);1H. The van der Waals surface area contributed by atoms with Crippen LogP contribution in [0.25, 0.3) is 0 Å². The van der Waals surface area contributed by atoms with Gasteiger partial charge in [-0.15, -0.1) is 12.4 Å². The van der Waals surface area contributed by atoms with Crippen LogP contribution in [0.3, 0.4) is 0 Å². The predicted octanol–water partition coefficient (Wildman–Crippen LogP) is 1.88. The Morgan fingerprint density at radius 3 is 2.75 bits per heavy atom. The van der Waals surface area contributed by atoms with Crippen molar-refractivity contribution < 1.29 is 14.7 Å². The summed E-state index contributed by atoms with van der Waals surface area (Å²) in [6.45, 7) is 0.407. The first-order valence-corrected chi connectivity index (χ1v) is 6.36. The number of hydrogen-bond donors (Lipinski definition) is 1. The number of rotatable bonds is 4. The monoisotopic (exact) mass is 318 g/mol. The Labute approximate surface area is 128 Å². The van der Waals surface area contributed by atoms with E-state index in [-0.39, 0.29) is 24.9 Å². The Balaban J connectivity index is 0.00000200. The van der Waals surface area contributed by atoms with E-state index >= 15 is 0 Å². The van der Waals surface area contributed by atoms with E-state index in [1.807, 2.05) is 6.07 Å². The lowest BCUT2D eigenvalue weighted by atomic mass is 10.2. The average Bonchev–Trinajstić information content (AvgIpc) is 2.71. The molecule has 1 aromatic rings. The number of likely N-dealkylation sites (N-methyl/N-ethyl adjacent to an activating group) is 1. The van der Waals surface area contributed by atoms with Gasteiger partial charge in [-0.25, -0.2) is 0 Å². The molecule has 1 N–H and O–H groups in total. The van der Waals surface area contributed by atoms with E-state index in [0.29, 0.717) is 23.7 Å². The van der Waals surface area contributed by atoms with Gasteiger partial charge in [-0.05, 0) is 25.6 Å². The summed E-state index contributed by atoms with van der Waals surface area (Å²) in [5.74, 6) is -1.04. The lowest BCUT2D eigenvalue weighted by molar-refractivity contribution is -0.138. The summed E-state index contributed by atoms with van der Waals surface area (Å²) in [4.78, 5) is 26.2. The van der Waals surface area contributed by atoms with E-state index in [0.717, 1.165) is 0 Å². The Morgan fingerprint density at radius 2 is 2.15 bits per heavy atom. The number of carbonyl (C=O) groups is 2. The van der Waals surface area contributed by atoms with Crippen molar-refractivity contribution in [1.29, 1.82) is 0 Å². The van der Waals surface area contributed by atoms with Crippen molar-refractivity contribution in [2.45, 2.75) is 12.5 Å². The minimum absolute atomic E-state index is 0. The van der Waals surface area contributed by atoms with Crippen molar-refractivity contribution in [3.8, 4) is 0 Å². The number of aliphatic carboxylic acids is 1. The van der Waals surface area contributed by atoms with Crippen molar-refractivity contribution >= 4 is 41.6 Å². The third-order valence-electron chi connectivity index (χ3n) is 3.24. The summed E-state index contributed by atoms with van der Waals surface area (Å²) in [6.07, 6.45) is 0.605. The molecule has 20 heavy (non-hydrogen) atoms. The molecule has 110 valence electrons. The maximum atomic E-state index is 12.3. The summed E-state index contributed by atoms with van der Waals surface area (Å²) in [5, 5.41) is 9.30. The largest absolute Gasteiger partial charge is 0.480 e. The minimum atomic E-state index is -0.938. The molecular weight excluding hydrogens is 303 g/mol. The van der Waals surface area contributed by atoms with Gasteiger partial charge in [0.05, 0.1) is 23.3 Å². The lowest BCUT2D eigenvalue weighted by Gasteiger charge is -2.22. The topological polar surface area (TPSA) is 60.9 Å². The normalized spacial score (nSPS) is 18.2. The number of hydrogen-bond acceptors (Lipinski definition) is 3. The smallest absolute Gasteiger partial charge is 0.317 e. The second-order valence-corrected chi connectivity index (χ2v) is 4.96. The zero-order valence-corrected chi connectivity index (χ0v) is 12.5. The molecule has 1 atom stereocenters. The number of benzene rings is 1. The molecule has 1 unspecified atom stereocenters. The summed E-state index contributed by atoms with van der Waals surface area (Å²) in [6, 6.07) is 6.76. The third-order valence-corrected chi connectivity index (χ3v) is 3.56. The van der Waals surface area contributed by atoms with Crippen molar-refractivity contribution in [3.05, 3.63) is 29.3 Å². The van der Waals surface area contributed by atoms with Gasteiger partial charge in [-0.1, -0.05) is 23.7 Å². The van der Waals surface area contributed by atoms with Crippen LogP contribution in [-0.2, 0) is 9.59 Å². The molecule has 0 saturated carbocycles. The first-order chi connectivity index (χ1) is 9.00. The van der Waals surface area contributed by atoms with Crippen LogP contribution in [0.4, 0.5) is 5.69 Å². The van der Waals surface area contributed by atoms with Crippen molar-refractivity contribution in [1.82, 2.24) is 4.90 Å². The number of carboxylic acid groups (broad SMARTS) is 1. The zero-order chi connectivity index (χ0) is 14.0. The van der Waals surface area contributed by atoms with Crippen molar-refractivity contribution in [2.75, 3.05) is 25.0 Å². The van der Waals surface area contributed by atoms with Crippen molar-refractivity contribution in [3.63, 3.8) is 0 Å². The molecule has 0 aliphatic carbocycles. The van der Waals surface area contributed by atoms with Gasteiger partial charge in [-0.2, -0.15) is 0 Å². The van der Waals surface area contributed by atoms with Crippen LogP contribution in [-0.4, -0.2) is 48.1 Å². The van der Waals surface area contributed by atoms with Gasteiger partial charge >= 0.3 is 5.97 Å². The fraction of sp³-hybridized carbons (Fsp3) is 0.385. The van der Waals surface area contributed by atoms with Gasteiger partial charge < -0.3 is 10.0 Å². The van der Waals surface area contributed by atoms with E-state index in [9.17, 15) is 9.59 Å². The molecule has 2 rings (SSSR count). The predicted molar refractivity (Wildman–Crippen MR) is 79.7 cm³/mol. The molecule has 1 heterocycles. The molecule has 1 fully saturated rings. The Bertz CT molecular complexity index is 510. The number of nitrogens with zero attached hydrogens (tertiary/aromatic N) is 2. The molecule has 1 aliphatic heterocycles. The minimum Gasteiger partial charge on any atom is -0.480 e. The van der Waals surface area contributed by atoms with Crippen LogP contribution in [0.1, 0.15) is 6.42 Å². The summed E-state index contributed by atoms with van der Waals surface area (Å²) >= 11 is 6.08. The van der Waals surface area contributed by atoms with Crippen LogP contribution in [0.5, 0.6) is 0 Å². The molecule has 0 spiro atoms. The average molecular weight is 319 g/mol. The summed E-state index contributed by atoms with van der Waals surface area (Å²) in [5.41, 5.74) is 0.681. The van der Waals surface area contributed by atoms with Gasteiger partial charge in [0.25, 0.3) is 0 Å². The first kappa shape index (κ1) is 16.8. The highest BCUT2D eigenvalue weighted by atomic mass is 35.5. The fourth-order valence-corrected chi connectivity index (χ4v) is 2.54. The molecule has 5 nitrogen and oxygen atoms in total. The van der Waals surface area contributed by atoms with Crippen LogP contribution in [0.2, 0.25) is 5.02 Å². The number of halogens is 2. The molecule has 7 heteroatoms. The fourth-order valence-electron chi connectivity index (χ4n) is 2.31. The van der Waals surface area contributed by atoms with Gasteiger partial charge in [0.1, 0.15) is 0 Å². The number of carbonyl (C=O) groups excluding carboxylic acids is 1. The van der Waals surface area contributed by atoms with Crippen molar-refractivity contribution in [2.24, 2.45) is 0 Å². The molecule has 0 radical (unpaired) electrons. The first-order valence-electron chi connectivity index (χ1n) is 5.98. The second kappa shape index (κ2) is 6.92. The number of carboxylic acids is 1. The highest BCUT2D eigenvalue weighted by molar-refractivity contribution is 6.33. The molecule has 1 aliphatic rings. The molecule has 1 aromatic carbocycles. The van der Waals surface area contributed by atoms with Crippen LogP contribution in [0.15, 0.2) is 24.3 Å². The zero-order valence-electron chi connectivity index (χ0n) is 11.0. The molecule has 0 bridgehead atoms. The maximum Gasteiger partial charge on any atom is 0.317 e. The third kappa shape index (κ3) is 3.42. The lowest BCUT2D eigenvalue weighted by Crippen LogP contribution is -2.42. The van der Waals surface area contributed by atoms with E-state index in [1.165, 1.54) is 0 Å². The quantitative estimate of drug-likeness (QED) is 0.920. The van der Waals surface area contributed by atoms with E-state index in [4.69, 9.17) is 16.7 Å². The van der Waals surface area contributed by atoms with Gasteiger partial charge in [-0.3, -0.25) is 14.5 Å². The Hall–Kier alpha value is -1.30. The summed E-state index contributed by atoms with van der Waals surface area (Å²) in [7, 11) is 1.65. The van der Waals surface area contributed by atoms with Gasteiger partial charge in [0.15, 0.2) is 0 Å². The van der Waals surface area contributed by atoms with Crippen LogP contribution < -0.4 is 4.90 Å². The number of anilines is 1. The Morgan fingerprint density at radius 1 is 1.50 bits per heavy atom. The maximum absolute atomic E-state index is 12.3. The SMILES string of the molecule is CN(CC(=O)O)C1CCN(c2ccccc2Cl)C1=O.Cl. The summed E-state index contributed by atoms with van der Waals surface area (Å²) < 4.78 is 0. The molecule has 1 saturated heterocycles.